The topological polar surface area (TPSA) is 55.0 Å². The molecule has 2 heterocycles. The van der Waals surface area contributed by atoms with Crippen molar-refractivity contribution in [1.82, 2.24) is 14.9 Å². The van der Waals surface area contributed by atoms with Crippen molar-refractivity contribution in [3.05, 3.63) is 23.8 Å². The molecule has 1 saturated carbocycles. The van der Waals surface area contributed by atoms with Crippen molar-refractivity contribution in [3.8, 4) is 0 Å². The Balaban J connectivity index is 1.73. The van der Waals surface area contributed by atoms with E-state index < -0.39 is 0 Å². The lowest BCUT2D eigenvalue weighted by molar-refractivity contribution is -0.0217. The highest BCUT2D eigenvalue weighted by Crippen LogP contribution is 2.47. The normalized spacial score (nSPS) is 26.2. The Labute approximate surface area is 121 Å². The number of likely N-dealkylation sites (tertiary alicyclic amines) is 1. The SMILES string of the molecule is Cc1cnc(CN2CCCCC2C2(CN)CCC2)nc1. The fourth-order valence-electron chi connectivity index (χ4n) is 3.86. The lowest BCUT2D eigenvalue weighted by atomic mass is 9.62. The van der Waals surface area contributed by atoms with Crippen molar-refractivity contribution in [1.29, 1.82) is 0 Å². The van der Waals surface area contributed by atoms with Crippen LogP contribution in [0.4, 0.5) is 0 Å². The molecular weight excluding hydrogens is 248 g/mol. The first-order chi connectivity index (χ1) is 9.73. The minimum absolute atomic E-state index is 0.380. The zero-order valence-corrected chi connectivity index (χ0v) is 12.5. The quantitative estimate of drug-likeness (QED) is 0.915. The smallest absolute Gasteiger partial charge is 0.142 e. The lowest BCUT2D eigenvalue weighted by Gasteiger charge is -2.53. The second-order valence-corrected chi connectivity index (χ2v) is 6.58. The molecule has 1 aromatic heterocycles. The Bertz CT molecular complexity index is 433. The maximum atomic E-state index is 6.12. The molecule has 3 rings (SSSR count). The average molecular weight is 274 g/mol. The lowest BCUT2D eigenvalue weighted by Crippen LogP contribution is -2.56. The van der Waals surface area contributed by atoms with E-state index in [0.29, 0.717) is 11.5 Å². The van der Waals surface area contributed by atoms with Crippen LogP contribution >= 0.6 is 0 Å². The summed E-state index contributed by atoms with van der Waals surface area (Å²) in [6, 6.07) is 0.639. The molecule has 0 spiro atoms. The Morgan fingerprint density at radius 2 is 2.00 bits per heavy atom. The van der Waals surface area contributed by atoms with E-state index in [-0.39, 0.29) is 0 Å². The predicted molar refractivity (Wildman–Crippen MR) is 80.2 cm³/mol. The van der Waals surface area contributed by atoms with Crippen molar-refractivity contribution in [2.75, 3.05) is 13.1 Å². The number of aromatic nitrogens is 2. The Kier molecular flexibility index (Phi) is 4.03. The number of piperidine rings is 1. The van der Waals surface area contributed by atoms with E-state index in [1.807, 2.05) is 19.3 Å². The molecule has 1 aliphatic heterocycles. The van der Waals surface area contributed by atoms with E-state index in [1.165, 1.54) is 45.1 Å². The average Bonchev–Trinajstić information content (AvgIpc) is 2.43. The molecule has 1 aliphatic carbocycles. The zero-order valence-electron chi connectivity index (χ0n) is 12.5. The highest BCUT2D eigenvalue weighted by Gasteiger charge is 2.46. The van der Waals surface area contributed by atoms with Crippen LogP contribution in [-0.2, 0) is 6.54 Å². The molecule has 0 radical (unpaired) electrons. The van der Waals surface area contributed by atoms with Crippen molar-refractivity contribution < 1.29 is 0 Å². The minimum atomic E-state index is 0.380. The first-order valence-electron chi connectivity index (χ1n) is 7.95. The van der Waals surface area contributed by atoms with Gasteiger partial charge in [0.05, 0.1) is 6.54 Å². The van der Waals surface area contributed by atoms with Crippen LogP contribution in [0, 0.1) is 12.3 Å². The largest absolute Gasteiger partial charge is 0.330 e. The summed E-state index contributed by atoms with van der Waals surface area (Å²) < 4.78 is 0. The van der Waals surface area contributed by atoms with Crippen LogP contribution in [0.1, 0.15) is 49.9 Å². The van der Waals surface area contributed by atoms with E-state index in [9.17, 15) is 0 Å². The Morgan fingerprint density at radius 1 is 1.25 bits per heavy atom. The number of rotatable bonds is 4. The summed E-state index contributed by atoms with van der Waals surface area (Å²) in [5, 5.41) is 0. The van der Waals surface area contributed by atoms with Gasteiger partial charge in [-0.05, 0) is 56.7 Å². The molecule has 0 aromatic carbocycles. The molecule has 0 amide bonds. The van der Waals surface area contributed by atoms with Crippen LogP contribution < -0.4 is 5.73 Å². The second-order valence-electron chi connectivity index (χ2n) is 6.58. The van der Waals surface area contributed by atoms with E-state index in [4.69, 9.17) is 5.73 Å². The number of nitrogens with zero attached hydrogens (tertiary/aromatic N) is 3. The standard InChI is InChI=1S/C16H26N4/c1-13-9-18-15(19-10-13)11-20-8-3-2-5-14(20)16(12-17)6-4-7-16/h9-10,14H,2-8,11-12,17H2,1H3. The monoisotopic (exact) mass is 274 g/mol. The van der Waals surface area contributed by atoms with Crippen LogP contribution in [0.15, 0.2) is 12.4 Å². The van der Waals surface area contributed by atoms with Gasteiger partial charge >= 0.3 is 0 Å². The van der Waals surface area contributed by atoms with Crippen LogP contribution in [0.25, 0.3) is 0 Å². The van der Waals surface area contributed by atoms with Gasteiger partial charge in [0, 0.05) is 18.4 Å². The molecule has 0 bridgehead atoms. The van der Waals surface area contributed by atoms with Crippen LogP contribution in [0.2, 0.25) is 0 Å². The molecule has 2 N–H and O–H groups in total. The third kappa shape index (κ3) is 2.59. The third-order valence-electron chi connectivity index (χ3n) is 5.26. The molecular formula is C16H26N4. The second kappa shape index (κ2) is 5.78. The number of aryl methyl sites for hydroxylation is 1. The zero-order chi connectivity index (χ0) is 14.0. The summed E-state index contributed by atoms with van der Waals surface area (Å²) in [5.41, 5.74) is 7.62. The minimum Gasteiger partial charge on any atom is -0.330 e. The fraction of sp³-hybridized carbons (Fsp3) is 0.750. The number of hydrogen-bond donors (Lipinski definition) is 1. The molecule has 110 valence electrons. The first-order valence-corrected chi connectivity index (χ1v) is 7.95. The van der Waals surface area contributed by atoms with Crippen molar-refractivity contribution in [3.63, 3.8) is 0 Å². The predicted octanol–water partition coefficient (Wildman–Crippen LogP) is 2.27. The van der Waals surface area contributed by atoms with Crippen molar-refractivity contribution in [2.45, 2.75) is 58.0 Å². The summed E-state index contributed by atoms with van der Waals surface area (Å²) >= 11 is 0. The third-order valence-corrected chi connectivity index (χ3v) is 5.26. The van der Waals surface area contributed by atoms with Gasteiger partial charge in [0.15, 0.2) is 0 Å². The Morgan fingerprint density at radius 3 is 2.60 bits per heavy atom. The van der Waals surface area contributed by atoms with Gasteiger partial charge in [0.1, 0.15) is 5.82 Å². The fourth-order valence-corrected chi connectivity index (χ4v) is 3.86. The van der Waals surface area contributed by atoms with Gasteiger partial charge in [-0.1, -0.05) is 12.8 Å². The maximum Gasteiger partial charge on any atom is 0.142 e. The van der Waals surface area contributed by atoms with Crippen LogP contribution in [-0.4, -0.2) is 34.0 Å². The van der Waals surface area contributed by atoms with E-state index in [0.717, 1.165) is 24.5 Å². The highest BCUT2D eigenvalue weighted by atomic mass is 15.2. The summed E-state index contributed by atoms with van der Waals surface area (Å²) in [7, 11) is 0. The Hall–Kier alpha value is -1.00. The van der Waals surface area contributed by atoms with Gasteiger partial charge < -0.3 is 5.73 Å². The summed E-state index contributed by atoms with van der Waals surface area (Å²) in [5.74, 6) is 0.953. The molecule has 4 nitrogen and oxygen atoms in total. The summed E-state index contributed by atoms with van der Waals surface area (Å²) in [4.78, 5) is 11.5. The number of nitrogens with two attached hydrogens (primary N) is 1. The van der Waals surface area contributed by atoms with Gasteiger partial charge in [0.25, 0.3) is 0 Å². The van der Waals surface area contributed by atoms with Crippen LogP contribution in [0.5, 0.6) is 0 Å². The molecule has 2 aliphatic rings. The van der Waals surface area contributed by atoms with E-state index in [1.54, 1.807) is 0 Å². The molecule has 1 atom stereocenters. The van der Waals surface area contributed by atoms with E-state index >= 15 is 0 Å². The van der Waals surface area contributed by atoms with E-state index in [2.05, 4.69) is 14.9 Å². The van der Waals surface area contributed by atoms with Gasteiger partial charge in [-0.3, -0.25) is 4.90 Å². The van der Waals surface area contributed by atoms with Gasteiger partial charge in [-0.15, -0.1) is 0 Å². The van der Waals surface area contributed by atoms with Crippen molar-refractivity contribution in [2.24, 2.45) is 11.1 Å². The molecule has 1 aromatic rings. The number of hydrogen-bond acceptors (Lipinski definition) is 4. The van der Waals surface area contributed by atoms with Gasteiger partial charge in [-0.2, -0.15) is 0 Å². The first kappa shape index (κ1) is 14.0. The van der Waals surface area contributed by atoms with Crippen molar-refractivity contribution >= 4 is 0 Å². The summed E-state index contributed by atoms with van der Waals surface area (Å²) in [6.45, 7) is 4.92. The molecule has 20 heavy (non-hydrogen) atoms. The molecule has 2 fully saturated rings. The van der Waals surface area contributed by atoms with Crippen LogP contribution in [0.3, 0.4) is 0 Å². The van der Waals surface area contributed by atoms with Gasteiger partial charge in [-0.25, -0.2) is 9.97 Å². The highest BCUT2D eigenvalue weighted by molar-refractivity contribution is 5.04. The van der Waals surface area contributed by atoms with Gasteiger partial charge in [0.2, 0.25) is 0 Å². The molecule has 1 saturated heterocycles. The molecule has 1 unspecified atom stereocenters. The maximum absolute atomic E-state index is 6.12. The molecule has 4 heteroatoms. The summed E-state index contributed by atoms with van der Waals surface area (Å²) in [6.07, 6.45) is 11.7.